The third-order valence-electron chi connectivity index (χ3n) is 3.75. The van der Waals surface area contributed by atoms with Crippen molar-refractivity contribution >= 4 is 15.7 Å². The van der Waals surface area contributed by atoms with Crippen molar-refractivity contribution < 1.29 is 8.42 Å². The van der Waals surface area contributed by atoms with E-state index in [9.17, 15) is 8.42 Å². The van der Waals surface area contributed by atoms with Gasteiger partial charge in [-0.1, -0.05) is 6.92 Å². The van der Waals surface area contributed by atoms with Crippen LogP contribution in [0, 0.1) is 0 Å². The summed E-state index contributed by atoms with van der Waals surface area (Å²) in [5.74, 6) is 0. The lowest BCUT2D eigenvalue weighted by atomic mass is 10.0. The lowest BCUT2D eigenvalue weighted by molar-refractivity contribution is 0.442. The Morgan fingerprint density at radius 1 is 1.20 bits per heavy atom. The molecule has 0 aliphatic carbocycles. The molecule has 0 saturated carbocycles. The highest BCUT2D eigenvalue weighted by Crippen LogP contribution is 2.21. The Labute approximate surface area is 121 Å². The molecular formula is C14H23N3O2S. The molecule has 1 aromatic rings. The minimum Gasteiger partial charge on any atom is -0.371 e. The summed E-state index contributed by atoms with van der Waals surface area (Å²) in [5, 5.41) is 3.30. The molecule has 112 valence electrons. The zero-order chi connectivity index (χ0) is 14.6. The van der Waals surface area contributed by atoms with E-state index in [1.807, 2.05) is 19.2 Å². The van der Waals surface area contributed by atoms with Crippen molar-refractivity contribution in [2.75, 3.05) is 31.6 Å². The smallest absolute Gasteiger partial charge is 0.240 e. The summed E-state index contributed by atoms with van der Waals surface area (Å²) in [4.78, 5) is 2.63. The van der Waals surface area contributed by atoms with Gasteiger partial charge in [-0.2, -0.15) is 0 Å². The minimum atomic E-state index is -3.35. The summed E-state index contributed by atoms with van der Waals surface area (Å²) in [7, 11) is -1.35. The second-order valence-corrected chi connectivity index (χ2v) is 6.81. The number of anilines is 1. The molecule has 0 atom stereocenters. The van der Waals surface area contributed by atoms with Crippen LogP contribution in [0.5, 0.6) is 0 Å². The Hall–Kier alpha value is -1.11. The number of hydrogen-bond acceptors (Lipinski definition) is 4. The van der Waals surface area contributed by atoms with Gasteiger partial charge in [-0.3, -0.25) is 0 Å². The molecule has 0 bridgehead atoms. The molecule has 5 nitrogen and oxygen atoms in total. The van der Waals surface area contributed by atoms with Crippen LogP contribution in [0.3, 0.4) is 0 Å². The van der Waals surface area contributed by atoms with Gasteiger partial charge in [-0.05, 0) is 44.2 Å². The van der Waals surface area contributed by atoms with Crippen molar-refractivity contribution in [3.05, 3.63) is 24.3 Å². The third kappa shape index (κ3) is 3.50. The van der Waals surface area contributed by atoms with Gasteiger partial charge >= 0.3 is 0 Å². The molecule has 1 heterocycles. The van der Waals surface area contributed by atoms with Gasteiger partial charge in [0, 0.05) is 31.4 Å². The zero-order valence-electron chi connectivity index (χ0n) is 12.1. The first-order valence-corrected chi connectivity index (χ1v) is 8.57. The van der Waals surface area contributed by atoms with Crippen LogP contribution in [0.1, 0.15) is 19.8 Å². The molecule has 0 unspecified atom stereocenters. The van der Waals surface area contributed by atoms with Crippen molar-refractivity contribution in [2.24, 2.45) is 0 Å². The van der Waals surface area contributed by atoms with Crippen molar-refractivity contribution in [3.63, 3.8) is 0 Å². The summed E-state index contributed by atoms with van der Waals surface area (Å²) >= 11 is 0. The first-order valence-electron chi connectivity index (χ1n) is 7.08. The van der Waals surface area contributed by atoms with Gasteiger partial charge in [0.1, 0.15) is 0 Å². The van der Waals surface area contributed by atoms with Crippen molar-refractivity contribution in [2.45, 2.75) is 30.7 Å². The van der Waals surface area contributed by atoms with E-state index in [4.69, 9.17) is 0 Å². The molecule has 0 aromatic heterocycles. The van der Waals surface area contributed by atoms with Gasteiger partial charge < -0.3 is 10.2 Å². The summed E-state index contributed by atoms with van der Waals surface area (Å²) in [6.45, 7) is 4.19. The maximum Gasteiger partial charge on any atom is 0.240 e. The van der Waals surface area contributed by atoms with Crippen LogP contribution >= 0.6 is 0 Å². The van der Waals surface area contributed by atoms with Gasteiger partial charge in [0.05, 0.1) is 4.90 Å². The number of sulfonamides is 1. The standard InChI is InChI=1S/C14H23N3O2S/c1-3-16-20(18,19)14-6-4-13(5-7-14)17-10-8-12(15-2)9-11-17/h4-7,12,15-16H,3,8-11H2,1-2H3. The first-order chi connectivity index (χ1) is 9.56. The Bertz CT molecular complexity index is 520. The van der Waals surface area contributed by atoms with Crippen molar-refractivity contribution in [1.29, 1.82) is 0 Å². The predicted octanol–water partition coefficient (Wildman–Crippen LogP) is 1.17. The van der Waals surface area contributed by atoms with E-state index in [1.165, 1.54) is 0 Å². The van der Waals surface area contributed by atoms with Gasteiger partial charge in [0.15, 0.2) is 0 Å². The fourth-order valence-electron chi connectivity index (χ4n) is 2.54. The van der Waals surface area contributed by atoms with Crippen LogP contribution in [0.15, 0.2) is 29.2 Å². The average Bonchev–Trinajstić information content (AvgIpc) is 2.47. The first kappa shape index (κ1) is 15.3. The molecule has 20 heavy (non-hydrogen) atoms. The predicted molar refractivity (Wildman–Crippen MR) is 81.6 cm³/mol. The largest absolute Gasteiger partial charge is 0.371 e. The van der Waals surface area contributed by atoms with E-state index in [-0.39, 0.29) is 0 Å². The topological polar surface area (TPSA) is 61.4 Å². The minimum absolute atomic E-state index is 0.327. The van der Waals surface area contributed by atoms with Gasteiger partial charge in [0.2, 0.25) is 10.0 Å². The molecule has 0 amide bonds. The van der Waals surface area contributed by atoms with Crippen LogP contribution in [0.25, 0.3) is 0 Å². The maximum absolute atomic E-state index is 11.9. The molecule has 1 fully saturated rings. The lowest BCUT2D eigenvalue weighted by Gasteiger charge is -2.33. The van der Waals surface area contributed by atoms with E-state index in [0.29, 0.717) is 17.5 Å². The third-order valence-corrected chi connectivity index (χ3v) is 5.31. The Balaban J connectivity index is 2.06. The Kier molecular flexibility index (Phi) is 5.01. The van der Waals surface area contributed by atoms with E-state index in [2.05, 4.69) is 14.9 Å². The number of nitrogens with one attached hydrogen (secondary N) is 2. The van der Waals surface area contributed by atoms with Gasteiger partial charge in [0.25, 0.3) is 0 Å². The van der Waals surface area contributed by atoms with Crippen LogP contribution in [-0.2, 0) is 10.0 Å². The number of nitrogens with zero attached hydrogens (tertiary/aromatic N) is 1. The molecular weight excluding hydrogens is 274 g/mol. The molecule has 6 heteroatoms. The summed E-state index contributed by atoms with van der Waals surface area (Å²) in [5.41, 5.74) is 1.09. The maximum atomic E-state index is 11.9. The average molecular weight is 297 g/mol. The van der Waals surface area contributed by atoms with E-state index >= 15 is 0 Å². The highest BCUT2D eigenvalue weighted by atomic mass is 32.2. The molecule has 0 radical (unpaired) electrons. The molecule has 1 aliphatic heterocycles. The van der Waals surface area contributed by atoms with Crippen molar-refractivity contribution in [1.82, 2.24) is 10.0 Å². The lowest BCUT2D eigenvalue weighted by Crippen LogP contribution is -2.41. The summed E-state index contributed by atoms with van der Waals surface area (Å²) < 4.78 is 26.2. The number of piperidine rings is 1. The molecule has 1 aromatic carbocycles. The van der Waals surface area contributed by atoms with E-state index < -0.39 is 10.0 Å². The van der Waals surface area contributed by atoms with Crippen LogP contribution in [-0.4, -0.2) is 41.1 Å². The SMILES string of the molecule is CCNS(=O)(=O)c1ccc(N2CCC(NC)CC2)cc1. The number of hydrogen-bond donors (Lipinski definition) is 2. The fourth-order valence-corrected chi connectivity index (χ4v) is 3.58. The number of benzene rings is 1. The van der Waals surface area contributed by atoms with Crippen LogP contribution < -0.4 is 14.9 Å². The van der Waals surface area contributed by atoms with Gasteiger partial charge in [-0.25, -0.2) is 13.1 Å². The normalized spacial score (nSPS) is 17.4. The second kappa shape index (κ2) is 6.56. The second-order valence-electron chi connectivity index (χ2n) is 5.05. The fraction of sp³-hybridized carbons (Fsp3) is 0.571. The van der Waals surface area contributed by atoms with E-state index in [0.717, 1.165) is 31.6 Å². The molecule has 2 rings (SSSR count). The van der Waals surface area contributed by atoms with Crippen LogP contribution in [0.2, 0.25) is 0 Å². The Morgan fingerprint density at radius 2 is 1.80 bits per heavy atom. The molecule has 1 saturated heterocycles. The number of rotatable bonds is 5. The van der Waals surface area contributed by atoms with E-state index in [1.54, 1.807) is 19.1 Å². The van der Waals surface area contributed by atoms with Crippen LogP contribution in [0.4, 0.5) is 5.69 Å². The molecule has 2 N–H and O–H groups in total. The monoisotopic (exact) mass is 297 g/mol. The van der Waals surface area contributed by atoms with Gasteiger partial charge in [-0.15, -0.1) is 0 Å². The summed E-state index contributed by atoms with van der Waals surface area (Å²) in [6, 6.07) is 7.74. The highest BCUT2D eigenvalue weighted by Gasteiger charge is 2.18. The molecule has 0 spiro atoms. The Morgan fingerprint density at radius 3 is 2.30 bits per heavy atom. The van der Waals surface area contributed by atoms with Crippen molar-refractivity contribution in [3.8, 4) is 0 Å². The quantitative estimate of drug-likeness (QED) is 0.856. The summed E-state index contributed by atoms with van der Waals surface area (Å²) in [6.07, 6.45) is 2.24. The molecule has 1 aliphatic rings. The zero-order valence-corrected chi connectivity index (χ0v) is 12.9. The highest BCUT2D eigenvalue weighted by molar-refractivity contribution is 7.89.